The second-order valence-electron chi connectivity index (χ2n) is 5.41. The zero-order chi connectivity index (χ0) is 14.7. The average molecular weight is 284 g/mol. The highest BCUT2D eigenvalue weighted by Crippen LogP contribution is 2.13. The second kappa shape index (κ2) is 5.71. The standard InChI is InChI=1S/C13H20N2O3S/c1-10(16)14-9-11-5-7-12(8-6-11)19(17,18)15-13(2,3)4/h5-8,15H,9H2,1-4H3,(H,14,16). The molecule has 0 unspecified atom stereocenters. The van der Waals surface area contributed by atoms with Crippen molar-refractivity contribution in [3.8, 4) is 0 Å². The van der Waals surface area contributed by atoms with Crippen molar-refractivity contribution in [2.45, 2.75) is 44.7 Å². The molecule has 0 aliphatic heterocycles. The van der Waals surface area contributed by atoms with Gasteiger partial charge in [0, 0.05) is 19.0 Å². The van der Waals surface area contributed by atoms with Crippen molar-refractivity contribution < 1.29 is 13.2 Å². The Bertz CT molecular complexity index is 542. The van der Waals surface area contributed by atoms with Crippen LogP contribution in [0.25, 0.3) is 0 Å². The molecule has 0 heterocycles. The average Bonchev–Trinajstić information content (AvgIpc) is 2.23. The summed E-state index contributed by atoms with van der Waals surface area (Å²) >= 11 is 0. The van der Waals surface area contributed by atoms with Crippen molar-refractivity contribution in [3.05, 3.63) is 29.8 Å². The van der Waals surface area contributed by atoms with E-state index in [9.17, 15) is 13.2 Å². The van der Waals surface area contributed by atoms with E-state index in [1.54, 1.807) is 32.9 Å². The van der Waals surface area contributed by atoms with E-state index < -0.39 is 15.6 Å². The van der Waals surface area contributed by atoms with E-state index in [1.165, 1.54) is 19.1 Å². The van der Waals surface area contributed by atoms with Crippen LogP contribution in [0.2, 0.25) is 0 Å². The number of nitrogens with one attached hydrogen (secondary N) is 2. The molecular weight excluding hydrogens is 264 g/mol. The van der Waals surface area contributed by atoms with Crippen molar-refractivity contribution in [1.29, 1.82) is 0 Å². The topological polar surface area (TPSA) is 75.3 Å². The summed E-state index contributed by atoms with van der Waals surface area (Å²) in [7, 11) is -3.50. The lowest BCUT2D eigenvalue weighted by Gasteiger charge is -2.20. The van der Waals surface area contributed by atoms with E-state index in [4.69, 9.17) is 0 Å². The Kier molecular flexibility index (Phi) is 4.70. The van der Waals surface area contributed by atoms with Crippen LogP contribution < -0.4 is 10.0 Å². The highest BCUT2D eigenvalue weighted by Gasteiger charge is 2.21. The number of carbonyl (C=O) groups is 1. The van der Waals surface area contributed by atoms with Crippen molar-refractivity contribution in [3.63, 3.8) is 0 Å². The molecule has 0 aliphatic carbocycles. The summed E-state index contributed by atoms with van der Waals surface area (Å²) in [6.45, 7) is 7.19. The fraction of sp³-hybridized carbons (Fsp3) is 0.462. The molecule has 2 N–H and O–H groups in total. The third kappa shape index (κ3) is 5.40. The van der Waals surface area contributed by atoms with Crippen LogP contribution in [0, 0.1) is 0 Å². The fourth-order valence-electron chi connectivity index (χ4n) is 1.48. The molecule has 0 atom stereocenters. The van der Waals surface area contributed by atoms with Crippen LogP contribution in [-0.4, -0.2) is 19.9 Å². The molecule has 1 aromatic carbocycles. The van der Waals surface area contributed by atoms with Gasteiger partial charge in [-0.25, -0.2) is 13.1 Å². The summed E-state index contributed by atoms with van der Waals surface area (Å²) in [4.78, 5) is 11.0. The van der Waals surface area contributed by atoms with Gasteiger partial charge in [-0.2, -0.15) is 0 Å². The Hall–Kier alpha value is -1.40. The first-order valence-corrected chi connectivity index (χ1v) is 7.46. The summed E-state index contributed by atoms with van der Waals surface area (Å²) in [5.74, 6) is -0.119. The van der Waals surface area contributed by atoms with E-state index in [0.29, 0.717) is 6.54 Å². The predicted molar refractivity (Wildman–Crippen MR) is 74.0 cm³/mol. The Balaban J connectivity index is 2.84. The number of sulfonamides is 1. The first-order valence-electron chi connectivity index (χ1n) is 5.97. The van der Waals surface area contributed by atoms with Gasteiger partial charge in [0.05, 0.1) is 4.90 Å². The lowest BCUT2D eigenvalue weighted by atomic mass is 10.1. The van der Waals surface area contributed by atoms with Crippen molar-refractivity contribution in [2.75, 3.05) is 0 Å². The smallest absolute Gasteiger partial charge is 0.241 e. The summed E-state index contributed by atoms with van der Waals surface area (Å²) in [5, 5.41) is 2.65. The van der Waals surface area contributed by atoms with Crippen LogP contribution >= 0.6 is 0 Å². The van der Waals surface area contributed by atoms with Crippen LogP contribution in [0.1, 0.15) is 33.3 Å². The maximum absolute atomic E-state index is 12.0. The number of benzene rings is 1. The molecule has 19 heavy (non-hydrogen) atoms. The predicted octanol–water partition coefficient (Wildman–Crippen LogP) is 1.40. The molecule has 106 valence electrons. The Morgan fingerprint density at radius 2 is 1.68 bits per heavy atom. The molecule has 0 bridgehead atoms. The summed E-state index contributed by atoms with van der Waals surface area (Å²) in [6.07, 6.45) is 0. The molecule has 5 nitrogen and oxygen atoms in total. The van der Waals surface area contributed by atoms with E-state index >= 15 is 0 Å². The van der Waals surface area contributed by atoms with Crippen LogP contribution in [0.4, 0.5) is 0 Å². The van der Waals surface area contributed by atoms with Crippen molar-refractivity contribution >= 4 is 15.9 Å². The molecule has 0 spiro atoms. The van der Waals surface area contributed by atoms with Crippen LogP contribution in [-0.2, 0) is 21.4 Å². The van der Waals surface area contributed by atoms with E-state index in [1.807, 2.05) is 0 Å². The van der Waals surface area contributed by atoms with Crippen molar-refractivity contribution in [2.24, 2.45) is 0 Å². The van der Waals surface area contributed by atoms with Gasteiger partial charge in [0.1, 0.15) is 0 Å². The minimum absolute atomic E-state index is 0.119. The molecule has 0 fully saturated rings. The highest BCUT2D eigenvalue weighted by molar-refractivity contribution is 7.89. The first kappa shape index (κ1) is 15.7. The quantitative estimate of drug-likeness (QED) is 0.877. The molecule has 0 aromatic heterocycles. The normalized spacial score (nSPS) is 12.2. The SMILES string of the molecule is CC(=O)NCc1ccc(S(=O)(=O)NC(C)(C)C)cc1. The second-order valence-corrected chi connectivity index (χ2v) is 7.09. The molecule has 0 radical (unpaired) electrons. The Morgan fingerprint density at radius 1 is 1.16 bits per heavy atom. The van der Waals surface area contributed by atoms with E-state index in [2.05, 4.69) is 10.0 Å². The van der Waals surface area contributed by atoms with Crippen LogP contribution in [0.3, 0.4) is 0 Å². The van der Waals surface area contributed by atoms with Gasteiger partial charge in [-0.15, -0.1) is 0 Å². The molecule has 0 aliphatic rings. The lowest BCUT2D eigenvalue weighted by Crippen LogP contribution is -2.40. The minimum atomic E-state index is -3.50. The molecule has 0 saturated heterocycles. The molecule has 6 heteroatoms. The number of amides is 1. The maximum atomic E-state index is 12.0. The summed E-state index contributed by atoms with van der Waals surface area (Å²) < 4.78 is 26.7. The van der Waals surface area contributed by atoms with Crippen LogP contribution in [0.15, 0.2) is 29.2 Å². The Morgan fingerprint density at radius 3 is 2.11 bits per heavy atom. The van der Waals surface area contributed by atoms with Crippen molar-refractivity contribution in [1.82, 2.24) is 10.0 Å². The first-order chi connectivity index (χ1) is 8.60. The third-order valence-electron chi connectivity index (χ3n) is 2.22. The highest BCUT2D eigenvalue weighted by atomic mass is 32.2. The van der Waals surface area contributed by atoms with Gasteiger partial charge in [0.2, 0.25) is 15.9 Å². The molecular formula is C13H20N2O3S. The number of rotatable bonds is 4. The zero-order valence-corrected chi connectivity index (χ0v) is 12.5. The molecule has 0 saturated carbocycles. The van der Waals surface area contributed by atoms with Gasteiger partial charge in [0.15, 0.2) is 0 Å². The van der Waals surface area contributed by atoms with Gasteiger partial charge in [0.25, 0.3) is 0 Å². The molecule has 1 rings (SSSR count). The fourth-order valence-corrected chi connectivity index (χ4v) is 2.89. The minimum Gasteiger partial charge on any atom is -0.352 e. The van der Waals surface area contributed by atoms with Crippen LogP contribution in [0.5, 0.6) is 0 Å². The Labute approximate surface area is 114 Å². The number of carbonyl (C=O) groups excluding carboxylic acids is 1. The van der Waals surface area contributed by atoms with Gasteiger partial charge in [-0.3, -0.25) is 4.79 Å². The van der Waals surface area contributed by atoms with E-state index in [0.717, 1.165) is 5.56 Å². The maximum Gasteiger partial charge on any atom is 0.241 e. The number of hydrogen-bond acceptors (Lipinski definition) is 3. The summed E-state index contributed by atoms with van der Waals surface area (Å²) in [5.41, 5.74) is 0.332. The largest absolute Gasteiger partial charge is 0.352 e. The van der Waals surface area contributed by atoms with E-state index in [-0.39, 0.29) is 10.8 Å². The van der Waals surface area contributed by atoms with Gasteiger partial charge >= 0.3 is 0 Å². The van der Waals surface area contributed by atoms with Gasteiger partial charge in [-0.05, 0) is 38.5 Å². The molecule has 1 amide bonds. The summed E-state index contributed by atoms with van der Waals surface area (Å²) in [6, 6.07) is 6.44. The molecule has 1 aromatic rings. The lowest BCUT2D eigenvalue weighted by molar-refractivity contribution is -0.119. The zero-order valence-electron chi connectivity index (χ0n) is 11.6. The third-order valence-corrected chi connectivity index (χ3v) is 3.99. The van der Waals surface area contributed by atoms with Gasteiger partial charge in [-0.1, -0.05) is 12.1 Å². The van der Waals surface area contributed by atoms with Gasteiger partial charge < -0.3 is 5.32 Å². The number of hydrogen-bond donors (Lipinski definition) is 2. The monoisotopic (exact) mass is 284 g/mol.